The van der Waals surface area contributed by atoms with E-state index in [-0.39, 0.29) is 5.75 Å². The minimum absolute atomic E-state index is 0.126. The van der Waals surface area contributed by atoms with Crippen LogP contribution in [0.1, 0.15) is 18.9 Å². The summed E-state index contributed by atoms with van der Waals surface area (Å²) in [6.07, 6.45) is 0.448. The van der Waals surface area contributed by atoms with Crippen LogP contribution in [0.3, 0.4) is 0 Å². The van der Waals surface area contributed by atoms with E-state index < -0.39 is 5.67 Å². The van der Waals surface area contributed by atoms with Crippen molar-refractivity contribution in [2.24, 2.45) is 0 Å². The van der Waals surface area contributed by atoms with Crippen molar-refractivity contribution in [1.29, 1.82) is 0 Å². The molecule has 0 aliphatic carbocycles. The number of benzene rings is 1. The predicted molar refractivity (Wildman–Crippen MR) is 49.7 cm³/mol. The van der Waals surface area contributed by atoms with Crippen molar-refractivity contribution >= 4 is 5.69 Å². The summed E-state index contributed by atoms with van der Waals surface area (Å²) in [6.45, 7) is 2.11. The number of phenols is 1. The van der Waals surface area contributed by atoms with Crippen molar-refractivity contribution in [1.82, 2.24) is 0 Å². The van der Waals surface area contributed by atoms with Gasteiger partial charge >= 0.3 is 0 Å². The minimum Gasteiger partial charge on any atom is -0.506 e. The summed E-state index contributed by atoms with van der Waals surface area (Å²) in [5.41, 5.74) is -0.225. The van der Waals surface area contributed by atoms with Gasteiger partial charge < -0.3 is 10.4 Å². The predicted octanol–water partition coefficient (Wildman–Crippen LogP) is 2.39. The summed E-state index contributed by atoms with van der Waals surface area (Å²) in [4.78, 5) is 0. The fraction of sp³-hybridized carbons (Fsp3) is 0.400. The van der Waals surface area contributed by atoms with Gasteiger partial charge in [0.25, 0.3) is 0 Å². The minimum atomic E-state index is -1.32. The molecule has 0 fully saturated rings. The molecular weight excluding hydrogens is 169 g/mol. The molecule has 0 saturated heterocycles. The smallest absolute Gasteiger partial charge is 0.139 e. The molecule has 1 aliphatic heterocycles. The third-order valence-electron chi connectivity index (χ3n) is 2.50. The van der Waals surface area contributed by atoms with Crippen LogP contribution in [-0.2, 0) is 5.67 Å². The van der Waals surface area contributed by atoms with E-state index in [0.29, 0.717) is 24.2 Å². The first kappa shape index (κ1) is 8.35. The molecule has 0 aromatic heterocycles. The van der Waals surface area contributed by atoms with E-state index in [9.17, 15) is 9.50 Å². The molecule has 2 rings (SSSR count). The summed E-state index contributed by atoms with van der Waals surface area (Å²) in [7, 11) is 0. The molecule has 1 unspecified atom stereocenters. The second-order valence-corrected chi connectivity index (χ2v) is 3.57. The van der Waals surface area contributed by atoms with E-state index in [2.05, 4.69) is 5.32 Å². The molecule has 1 aliphatic rings. The van der Waals surface area contributed by atoms with E-state index in [1.54, 1.807) is 25.1 Å². The number of alkyl halides is 1. The van der Waals surface area contributed by atoms with Crippen molar-refractivity contribution < 1.29 is 9.50 Å². The molecule has 1 aromatic carbocycles. The third-order valence-corrected chi connectivity index (χ3v) is 2.50. The first-order valence-corrected chi connectivity index (χ1v) is 4.36. The number of anilines is 1. The molecule has 3 heteroatoms. The molecule has 0 spiro atoms. The Balaban J connectivity index is 2.58. The molecular formula is C10H12FNO. The Morgan fingerprint density at radius 3 is 3.00 bits per heavy atom. The van der Waals surface area contributed by atoms with Gasteiger partial charge in [0.05, 0.1) is 5.69 Å². The number of fused-ring (bicyclic) bond motifs is 1. The molecule has 0 amide bonds. The molecule has 1 atom stereocenters. The lowest BCUT2D eigenvalue weighted by Crippen LogP contribution is -2.26. The highest BCUT2D eigenvalue weighted by Crippen LogP contribution is 2.41. The topological polar surface area (TPSA) is 32.3 Å². The zero-order valence-corrected chi connectivity index (χ0v) is 7.47. The summed E-state index contributed by atoms with van der Waals surface area (Å²) < 4.78 is 13.9. The maximum Gasteiger partial charge on any atom is 0.139 e. The maximum absolute atomic E-state index is 13.9. The van der Waals surface area contributed by atoms with Crippen molar-refractivity contribution in [2.75, 3.05) is 11.9 Å². The molecule has 2 N–H and O–H groups in total. The van der Waals surface area contributed by atoms with Gasteiger partial charge in [-0.3, -0.25) is 0 Å². The van der Waals surface area contributed by atoms with Crippen LogP contribution in [0.5, 0.6) is 5.75 Å². The van der Waals surface area contributed by atoms with Gasteiger partial charge in [0.15, 0.2) is 0 Å². The van der Waals surface area contributed by atoms with Crippen LogP contribution in [0.2, 0.25) is 0 Å². The summed E-state index contributed by atoms with van der Waals surface area (Å²) in [6, 6.07) is 4.94. The highest BCUT2D eigenvalue weighted by Gasteiger charge is 2.32. The Morgan fingerprint density at radius 2 is 2.31 bits per heavy atom. The molecule has 0 bridgehead atoms. The molecule has 70 valence electrons. The number of hydrogen-bond donors (Lipinski definition) is 2. The number of hydrogen-bond acceptors (Lipinski definition) is 2. The molecule has 0 saturated carbocycles. The normalized spacial score (nSPS) is 26.3. The average molecular weight is 181 g/mol. The lowest BCUT2D eigenvalue weighted by atomic mass is 9.89. The van der Waals surface area contributed by atoms with Crippen LogP contribution in [0.25, 0.3) is 0 Å². The Kier molecular flexibility index (Phi) is 1.68. The Labute approximate surface area is 76.4 Å². The number of phenolic OH excluding ortho intramolecular Hbond substituents is 1. The van der Waals surface area contributed by atoms with Crippen molar-refractivity contribution in [3.63, 3.8) is 0 Å². The molecule has 0 radical (unpaired) electrons. The van der Waals surface area contributed by atoms with E-state index in [1.165, 1.54) is 0 Å². The van der Waals surface area contributed by atoms with Crippen molar-refractivity contribution in [3.8, 4) is 5.75 Å². The highest BCUT2D eigenvalue weighted by molar-refractivity contribution is 5.64. The fourth-order valence-electron chi connectivity index (χ4n) is 1.72. The van der Waals surface area contributed by atoms with Crippen LogP contribution >= 0.6 is 0 Å². The van der Waals surface area contributed by atoms with Gasteiger partial charge in [-0.25, -0.2) is 4.39 Å². The molecule has 1 heterocycles. The van der Waals surface area contributed by atoms with Crippen LogP contribution in [0.4, 0.5) is 10.1 Å². The maximum atomic E-state index is 13.9. The molecule has 13 heavy (non-hydrogen) atoms. The highest BCUT2D eigenvalue weighted by atomic mass is 19.1. The van der Waals surface area contributed by atoms with Crippen LogP contribution < -0.4 is 5.32 Å². The van der Waals surface area contributed by atoms with Crippen molar-refractivity contribution in [2.45, 2.75) is 19.0 Å². The van der Waals surface area contributed by atoms with Crippen molar-refractivity contribution in [3.05, 3.63) is 23.8 Å². The van der Waals surface area contributed by atoms with Crippen LogP contribution in [0.15, 0.2) is 18.2 Å². The van der Waals surface area contributed by atoms with Gasteiger partial charge in [0.1, 0.15) is 11.4 Å². The lowest BCUT2D eigenvalue weighted by Gasteiger charge is -2.29. The van der Waals surface area contributed by atoms with E-state index >= 15 is 0 Å². The number of halogens is 1. The second-order valence-electron chi connectivity index (χ2n) is 3.57. The summed E-state index contributed by atoms with van der Waals surface area (Å²) >= 11 is 0. The van der Waals surface area contributed by atoms with E-state index in [0.717, 1.165) is 0 Å². The van der Waals surface area contributed by atoms with Gasteiger partial charge in [0.2, 0.25) is 0 Å². The first-order valence-electron chi connectivity index (χ1n) is 4.36. The molecule has 2 nitrogen and oxygen atoms in total. The largest absolute Gasteiger partial charge is 0.506 e. The van der Waals surface area contributed by atoms with E-state index in [4.69, 9.17) is 0 Å². The summed E-state index contributed by atoms with van der Waals surface area (Å²) in [5.74, 6) is 0.126. The SMILES string of the molecule is CC1(F)CCNc2c(O)cccc21. The van der Waals surface area contributed by atoms with Gasteiger partial charge in [-0.2, -0.15) is 0 Å². The zero-order chi connectivity index (χ0) is 9.47. The van der Waals surface area contributed by atoms with E-state index in [1.807, 2.05) is 0 Å². The monoisotopic (exact) mass is 181 g/mol. The Hall–Kier alpha value is -1.25. The Morgan fingerprint density at radius 1 is 1.54 bits per heavy atom. The fourth-order valence-corrected chi connectivity index (χ4v) is 1.72. The van der Waals surface area contributed by atoms with Gasteiger partial charge in [-0.1, -0.05) is 12.1 Å². The second kappa shape index (κ2) is 2.62. The standard InChI is InChI=1S/C10H12FNO/c1-10(11)5-6-12-9-7(10)3-2-4-8(9)13/h2-4,12-13H,5-6H2,1H3. The van der Waals surface area contributed by atoms with Crippen LogP contribution in [0, 0.1) is 0 Å². The quantitative estimate of drug-likeness (QED) is 0.602. The number of nitrogens with one attached hydrogen (secondary N) is 1. The summed E-state index contributed by atoms with van der Waals surface area (Å²) in [5, 5.41) is 12.5. The Bertz CT molecular complexity index is 336. The first-order chi connectivity index (χ1) is 6.11. The van der Waals surface area contributed by atoms with Gasteiger partial charge in [-0.15, -0.1) is 0 Å². The van der Waals surface area contributed by atoms with Gasteiger partial charge in [-0.05, 0) is 13.0 Å². The van der Waals surface area contributed by atoms with Crippen LogP contribution in [-0.4, -0.2) is 11.7 Å². The zero-order valence-electron chi connectivity index (χ0n) is 7.47. The van der Waals surface area contributed by atoms with Gasteiger partial charge in [0, 0.05) is 18.5 Å². The third kappa shape index (κ3) is 1.24. The number of aromatic hydroxyl groups is 1. The lowest BCUT2D eigenvalue weighted by molar-refractivity contribution is 0.177. The molecule has 1 aromatic rings. The number of rotatable bonds is 0. The average Bonchev–Trinajstić information content (AvgIpc) is 2.06. The number of para-hydroxylation sites is 1.